The van der Waals surface area contributed by atoms with Crippen LogP contribution in [-0.4, -0.2) is 54.4 Å². The molecule has 4 heteroatoms. The van der Waals surface area contributed by atoms with Gasteiger partial charge in [0.05, 0.1) is 12.2 Å². The molecule has 3 atom stereocenters. The number of rotatable bonds is 4. The summed E-state index contributed by atoms with van der Waals surface area (Å²) < 4.78 is 0. The van der Waals surface area contributed by atoms with Gasteiger partial charge in [-0.25, -0.2) is 0 Å². The molecule has 0 radical (unpaired) electrons. The lowest BCUT2D eigenvalue weighted by atomic mass is 10.1. The molecular formula is C15H24N2O2. The Balaban J connectivity index is 2.14. The summed E-state index contributed by atoms with van der Waals surface area (Å²) in [6.07, 6.45) is 0.133. The maximum absolute atomic E-state index is 9.89. The molecule has 4 nitrogen and oxygen atoms in total. The number of nitrogens with zero attached hydrogens (tertiary/aromatic N) is 2. The molecule has 1 heterocycles. The Bertz CT molecular complexity index is 403. The highest BCUT2D eigenvalue weighted by Gasteiger charge is 2.31. The Morgan fingerprint density at radius 2 is 1.95 bits per heavy atom. The third-order valence-corrected chi connectivity index (χ3v) is 3.68. The maximum Gasteiger partial charge on any atom is 0.0761 e. The molecule has 1 aliphatic rings. The van der Waals surface area contributed by atoms with Gasteiger partial charge in [-0.15, -0.1) is 0 Å². The van der Waals surface area contributed by atoms with Crippen LogP contribution in [0.4, 0.5) is 5.69 Å². The third-order valence-electron chi connectivity index (χ3n) is 3.68. The lowest BCUT2D eigenvalue weighted by Gasteiger charge is -2.29. The first-order valence-corrected chi connectivity index (χ1v) is 6.85. The van der Waals surface area contributed by atoms with E-state index in [-0.39, 0.29) is 6.10 Å². The number of aliphatic hydroxyl groups excluding tert-OH is 2. The molecule has 1 saturated heterocycles. The van der Waals surface area contributed by atoms with Crippen molar-refractivity contribution >= 4 is 5.69 Å². The number of β-amino-alcohol motifs (C(OH)–C–C–N with tert-alkyl or cyclic N) is 1. The summed E-state index contributed by atoms with van der Waals surface area (Å²) in [6, 6.07) is 8.32. The van der Waals surface area contributed by atoms with Crippen LogP contribution in [0.5, 0.6) is 0 Å². The first-order chi connectivity index (χ1) is 8.97. The number of hydrogen-bond acceptors (Lipinski definition) is 4. The second-order valence-electron chi connectivity index (χ2n) is 5.73. The Morgan fingerprint density at radius 3 is 2.47 bits per heavy atom. The van der Waals surface area contributed by atoms with Gasteiger partial charge in [-0.2, -0.15) is 0 Å². The van der Waals surface area contributed by atoms with Crippen molar-refractivity contribution in [1.82, 2.24) is 4.90 Å². The number of likely N-dealkylation sites (N-methyl/N-ethyl adjacent to an activating group) is 1. The smallest absolute Gasteiger partial charge is 0.0761 e. The largest absolute Gasteiger partial charge is 0.391 e. The fraction of sp³-hybridized carbons (Fsp3) is 0.600. The number of hydrogen-bond donors (Lipinski definition) is 2. The summed E-state index contributed by atoms with van der Waals surface area (Å²) in [6.45, 7) is 3.39. The summed E-state index contributed by atoms with van der Waals surface area (Å²) >= 11 is 0. The standard InChI is InChI=1S/C15H24N2O2/c1-11(18)12-4-6-13(7-5-12)17-10-15(19)8-14(17)9-16(2)3/h4-7,11,14-15,18-19H,8-10H2,1-3H3. The zero-order chi connectivity index (χ0) is 14.0. The molecular weight excluding hydrogens is 240 g/mol. The van der Waals surface area contributed by atoms with Gasteiger partial charge in [0.15, 0.2) is 0 Å². The Kier molecular flexibility index (Phi) is 4.45. The van der Waals surface area contributed by atoms with Crippen LogP contribution in [0.2, 0.25) is 0 Å². The molecule has 2 rings (SSSR count). The molecule has 0 amide bonds. The lowest BCUT2D eigenvalue weighted by Crippen LogP contribution is -2.37. The first kappa shape index (κ1) is 14.3. The Morgan fingerprint density at radius 1 is 1.32 bits per heavy atom. The van der Waals surface area contributed by atoms with E-state index < -0.39 is 6.10 Å². The SMILES string of the molecule is CC(O)c1ccc(N2CC(O)CC2CN(C)C)cc1. The summed E-state index contributed by atoms with van der Waals surface area (Å²) in [5, 5.41) is 19.4. The number of anilines is 1. The summed E-state index contributed by atoms with van der Waals surface area (Å²) in [7, 11) is 4.11. The highest BCUT2D eigenvalue weighted by molar-refractivity contribution is 5.50. The number of benzene rings is 1. The van der Waals surface area contributed by atoms with Crippen LogP contribution in [0, 0.1) is 0 Å². The van der Waals surface area contributed by atoms with Gasteiger partial charge in [-0.3, -0.25) is 0 Å². The first-order valence-electron chi connectivity index (χ1n) is 6.85. The van der Waals surface area contributed by atoms with Crippen LogP contribution in [0.3, 0.4) is 0 Å². The van der Waals surface area contributed by atoms with Crippen molar-refractivity contribution in [3.63, 3.8) is 0 Å². The van der Waals surface area contributed by atoms with E-state index in [0.29, 0.717) is 12.6 Å². The third kappa shape index (κ3) is 3.47. The molecule has 0 spiro atoms. The van der Waals surface area contributed by atoms with E-state index in [0.717, 1.165) is 24.2 Å². The van der Waals surface area contributed by atoms with Gasteiger partial charge in [-0.1, -0.05) is 12.1 Å². The molecule has 2 N–H and O–H groups in total. The molecule has 1 aromatic carbocycles. The van der Waals surface area contributed by atoms with Crippen LogP contribution in [0.25, 0.3) is 0 Å². The zero-order valence-corrected chi connectivity index (χ0v) is 12.0. The quantitative estimate of drug-likeness (QED) is 0.859. The monoisotopic (exact) mass is 264 g/mol. The van der Waals surface area contributed by atoms with E-state index in [1.165, 1.54) is 0 Å². The summed E-state index contributed by atoms with van der Waals surface area (Å²) in [5.74, 6) is 0. The van der Waals surface area contributed by atoms with Crippen molar-refractivity contribution in [1.29, 1.82) is 0 Å². The molecule has 0 aromatic heterocycles. The van der Waals surface area contributed by atoms with Crippen molar-refractivity contribution in [3.05, 3.63) is 29.8 Å². The minimum absolute atomic E-state index is 0.249. The molecule has 1 aliphatic heterocycles. The van der Waals surface area contributed by atoms with Gasteiger partial charge in [-0.05, 0) is 45.1 Å². The van der Waals surface area contributed by atoms with Crippen molar-refractivity contribution in [2.24, 2.45) is 0 Å². The van der Waals surface area contributed by atoms with E-state index in [9.17, 15) is 10.2 Å². The van der Waals surface area contributed by atoms with Crippen molar-refractivity contribution < 1.29 is 10.2 Å². The molecule has 0 bridgehead atoms. The second kappa shape index (κ2) is 5.90. The van der Waals surface area contributed by atoms with Crippen LogP contribution in [0.1, 0.15) is 25.0 Å². The van der Waals surface area contributed by atoms with Crippen molar-refractivity contribution in [2.45, 2.75) is 31.6 Å². The zero-order valence-electron chi connectivity index (χ0n) is 12.0. The molecule has 0 aliphatic carbocycles. The minimum atomic E-state index is -0.434. The van der Waals surface area contributed by atoms with Crippen LogP contribution in [-0.2, 0) is 0 Å². The van der Waals surface area contributed by atoms with E-state index >= 15 is 0 Å². The van der Waals surface area contributed by atoms with E-state index in [2.05, 4.69) is 23.9 Å². The van der Waals surface area contributed by atoms with Crippen LogP contribution in [0.15, 0.2) is 24.3 Å². The van der Waals surface area contributed by atoms with Crippen LogP contribution >= 0.6 is 0 Å². The fourth-order valence-corrected chi connectivity index (χ4v) is 2.75. The fourth-order valence-electron chi connectivity index (χ4n) is 2.75. The molecule has 1 fully saturated rings. The average molecular weight is 264 g/mol. The highest BCUT2D eigenvalue weighted by atomic mass is 16.3. The van der Waals surface area contributed by atoms with Crippen molar-refractivity contribution in [2.75, 3.05) is 32.1 Å². The summed E-state index contributed by atoms with van der Waals surface area (Å²) in [4.78, 5) is 4.41. The normalized spacial score (nSPS) is 25.1. The van der Waals surface area contributed by atoms with E-state index in [4.69, 9.17) is 0 Å². The number of aliphatic hydroxyl groups is 2. The average Bonchev–Trinajstić information content (AvgIpc) is 2.69. The molecule has 1 aromatic rings. The predicted octanol–water partition coefficient (Wildman–Crippen LogP) is 1.24. The van der Waals surface area contributed by atoms with Gasteiger partial charge in [0.2, 0.25) is 0 Å². The Hall–Kier alpha value is -1.10. The minimum Gasteiger partial charge on any atom is -0.391 e. The molecule has 106 valence electrons. The van der Waals surface area contributed by atoms with Crippen LogP contribution < -0.4 is 4.90 Å². The Labute approximate surface area is 115 Å². The topological polar surface area (TPSA) is 46.9 Å². The lowest BCUT2D eigenvalue weighted by molar-refractivity contribution is 0.191. The summed E-state index contributed by atoms with van der Waals surface area (Å²) in [5.41, 5.74) is 2.04. The molecule has 19 heavy (non-hydrogen) atoms. The van der Waals surface area contributed by atoms with Crippen molar-refractivity contribution in [3.8, 4) is 0 Å². The van der Waals surface area contributed by atoms with Gasteiger partial charge in [0.1, 0.15) is 0 Å². The molecule has 3 unspecified atom stereocenters. The second-order valence-corrected chi connectivity index (χ2v) is 5.73. The maximum atomic E-state index is 9.89. The molecule has 0 saturated carbocycles. The van der Waals surface area contributed by atoms with Gasteiger partial charge in [0.25, 0.3) is 0 Å². The van der Waals surface area contributed by atoms with Gasteiger partial charge in [0, 0.05) is 24.8 Å². The van der Waals surface area contributed by atoms with Gasteiger partial charge < -0.3 is 20.0 Å². The predicted molar refractivity (Wildman–Crippen MR) is 77.4 cm³/mol. The highest BCUT2D eigenvalue weighted by Crippen LogP contribution is 2.27. The van der Waals surface area contributed by atoms with E-state index in [1.54, 1.807) is 6.92 Å². The van der Waals surface area contributed by atoms with Gasteiger partial charge >= 0.3 is 0 Å². The van der Waals surface area contributed by atoms with E-state index in [1.807, 2.05) is 24.3 Å².